The van der Waals surface area contributed by atoms with Crippen LogP contribution in [0.1, 0.15) is 74.1 Å². The molecule has 1 aromatic rings. The van der Waals surface area contributed by atoms with E-state index in [-0.39, 0.29) is 6.04 Å². The minimum Gasteiger partial charge on any atom is -0.324 e. The lowest BCUT2D eigenvalue weighted by Gasteiger charge is -2.25. The van der Waals surface area contributed by atoms with Crippen molar-refractivity contribution in [3.63, 3.8) is 0 Å². The topological polar surface area (TPSA) is 26.0 Å². The van der Waals surface area contributed by atoms with Crippen LogP contribution in [0.4, 0.5) is 0 Å². The van der Waals surface area contributed by atoms with Gasteiger partial charge in [0, 0.05) is 6.04 Å². The maximum absolute atomic E-state index is 6.46. The average molecular weight is 257 g/mol. The van der Waals surface area contributed by atoms with Gasteiger partial charge in [-0.05, 0) is 54.7 Å². The van der Waals surface area contributed by atoms with E-state index in [1.807, 2.05) is 0 Å². The SMILES string of the molecule is NC(CC1CCCCC1)c1ccc2c(c1)CCCC2. The third kappa shape index (κ3) is 3.20. The highest BCUT2D eigenvalue weighted by Crippen LogP contribution is 2.32. The lowest BCUT2D eigenvalue weighted by molar-refractivity contribution is 0.319. The number of hydrogen-bond donors (Lipinski definition) is 1. The highest BCUT2D eigenvalue weighted by Gasteiger charge is 2.19. The quantitative estimate of drug-likeness (QED) is 0.845. The van der Waals surface area contributed by atoms with Crippen LogP contribution in [0.2, 0.25) is 0 Å². The van der Waals surface area contributed by atoms with E-state index in [1.54, 1.807) is 11.1 Å². The Morgan fingerprint density at radius 3 is 2.47 bits per heavy atom. The minimum atomic E-state index is 0.260. The number of hydrogen-bond acceptors (Lipinski definition) is 1. The standard InChI is InChI=1S/C18H27N/c19-18(12-14-6-2-1-3-7-14)17-11-10-15-8-4-5-9-16(15)13-17/h10-11,13-14,18H,1-9,12,19H2. The summed E-state index contributed by atoms with van der Waals surface area (Å²) < 4.78 is 0. The van der Waals surface area contributed by atoms with Gasteiger partial charge >= 0.3 is 0 Å². The van der Waals surface area contributed by atoms with Crippen LogP contribution < -0.4 is 5.73 Å². The third-order valence-electron chi connectivity index (χ3n) is 5.11. The van der Waals surface area contributed by atoms with Crippen LogP contribution in [0.15, 0.2) is 18.2 Å². The van der Waals surface area contributed by atoms with E-state index < -0.39 is 0 Å². The van der Waals surface area contributed by atoms with Gasteiger partial charge in [-0.15, -0.1) is 0 Å². The zero-order valence-electron chi connectivity index (χ0n) is 12.0. The molecule has 0 amide bonds. The lowest BCUT2D eigenvalue weighted by atomic mass is 9.82. The zero-order chi connectivity index (χ0) is 13.1. The third-order valence-corrected chi connectivity index (χ3v) is 5.11. The molecule has 0 aromatic heterocycles. The second-order valence-electron chi connectivity index (χ2n) is 6.58. The van der Waals surface area contributed by atoms with Crippen LogP contribution in [0, 0.1) is 5.92 Å². The van der Waals surface area contributed by atoms with Crippen molar-refractivity contribution in [3.05, 3.63) is 34.9 Å². The maximum Gasteiger partial charge on any atom is 0.0297 e. The van der Waals surface area contributed by atoms with E-state index in [0.29, 0.717) is 0 Å². The first-order valence-electron chi connectivity index (χ1n) is 8.20. The van der Waals surface area contributed by atoms with Crippen LogP contribution in [-0.2, 0) is 12.8 Å². The van der Waals surface area contributed by atoms with E-state index >= 15 is 0 Å². The van der Waals surface area contributed by atoms with Crippen molar-refractivity contribution in [3.8, 4) is 0 Å². The van der Waals surface area contributed by atoms with E-state index in [0.717, 1.165) is 5.92 Å². The van der Waals surface area contributed by atoms with E-state index in [9.17, 15) is 0 Å². The smallest absolute Gasteiger partial charge is 0.0297 e. The van der Waals surface area contributed by atoms with Crippen molar-refractivity contribution in [2.45, 2.75) is 70.3 Å². The molecule has 1 unspecified atom stereocenters. The van der Waals surface area contributed by atoms with Crippen LogP contribution >= 0.6 is 0 Å². The van der Waals surface area contributed by atoms with Gasteiger partial charge in [0.15, 0.2) is 0 Å². The largest absolute Gasteiger partial charge is 0.324 e. The van der Waals surface area contributed by atoms with Gasteiger partial charge in [-0.3, -0.25) is 0 Å². The summed E-state index contributed by atoms with van der Waals surface area (Å²) in [5.74, 6) is 0.875. The normalized spacial score (nSPS) is 21.9. The second kappa shape index (κ2) is 6.09. The van der Waals surface area contributed by atoms with E-state index in [1.165, 1.54) is 69.8 Å². The monoisotopic (exact) mass is 257 g/mol. The van der Waals surface area contributed by atoms with E-state index in [4.69, 9.17) is 5.73 Å². The van der Waals surface area contributed by atoms with Crippen molar-refractivity contribution in [1.82, 2.24) is 0 Å². The molecule has 2 aliphatic carbocycles. The molecule has 0 bridgehead atoms. The van der Waals surface area contributed by atoms with Gasteiger partial charge in [-0.25, -0.2) is 0 Å². The molecular weight excluding hydrogens is 230 g/mol. The molecule has 1 heteroatoms. The molecule has 0 aliphatic heterocycles. The number of benzene rings is 1. The van der Waals surface area contributed by atoms with Gasteiger partial charge in [0.25, 0.3) is 0 Å². The van der Waals surface area contributed by atoms with Gasteiger partial charge in [-0.1, -0.05) is 50.3 Å². The summed E-state index contributed by atoms with van der Waals surface area (Å²) in [6.45, 7) is 0. The van der Waals surface area contributed by atoms with E-state index in [2.05, 4.69) is 18.2 Å². The van der Waals surface area contributed by atoms with Crippen molar-refractivity contribution in [1.29, 1.82) is 0 Å². The summed E-state index contributed by atoms with van der Waals surface area (Å²) in [6, 6.07) is 7.29. The lowest BCUT2D eigenvalue weighted by Crippen LogP contribution is -2.18. The van der Waals surface area contributed by atoms with Gasteiger partial charge in [0.2, 0.25) is 0 Å². The fourth-order valence-corrected chi connectivity index (χ4v) is 3.90. The molecule has 0 heterocycles. The molecule has 1 nitrogen and oxygen atoms in total. The summed E-state index contributed by atoms with van der Waals surface area (Å²) in [6.07, 6.45) is 13.5. The number of rotatable bonds is 3. The van der Waals surface area contributed by atoms with Crippen LogP contribution in [-0.4, -0.2) is 0 Å². The van der Waals surface area contributed by atoms with Crippen LogP contribution in [0.25, 0.3) is 0 Å². The fourth-order valence-electron chi connectivity index (χ4n) is 3.90. The first-order chi connectivity index (χ1) is 9.33. The average Bonchev–Trinajstić information content (AvgIpc) is 2.48. The van der Waals surface area contributed by atoms with Gasteiger partial charge < -0.3 is 5.73 Å². The second-order valence-corrected chi connectivity index (χ2v) is 6.58. The number of aryl methyl sites for hydroxylation is 2. The Balaban J connectivity index is 1.67. The maximum atomic E-state index is 6.46. The molecule has 1 saturated carbocycles. The molecule has 19 heavy (non-hydrogen) atoms. The Kier molecular flexibility index (Phi) is 4.22. The van der Waals surface area contributed by atoms with Crippen LogP contribution in [0.3, 0.4) is 0 Å². The number of fused-ring (bicyclic) bond motifs is 1. The van der Waals surface area contributed by atoms with Crippen molar-refractivity contribution in [2.24, 2.45) is 11.7 Å². The molecule has 104 valence electrons. The molecule has 0 radical (unpaired) electrons. The predicted molar refractivity (Wildman–Crippen MR) is 81.2 cm³/mol. The molecule has 0 spiro atoms. The number of nitrogens with two attached hydrogens (primary N) is 1. The Morgan fingerprint density at radius 1 is 0.947 bits per heavy atom. The first-order valence-corrected chi connectivity index (χ1v) is 8.20. The summed E-state index contributed by atoms with van der Waals surface area (Å²) in [5, 5.41) is 0. The van der Waals surface area contributed by atoms with Crippen molar-refractivity contribution in [2.75, 3.05) is 0 Å². The van der Waals surface area contributed by atoms with Crippen molar-refractivity contribution >= 4 is 0 Å². The Hall–Kier alpha value is -0.820. The minimum absolute atomic E-state index is 0.260. The predicted octanol–water partition coefficient (Wildman–Crippen LogP) is 4.54. The molecule has 1 aromatic carbocycles. The highest BCUT2D eigenvalue weighted by molar-refractivity contribution is 5.35. The van der Waals surface area contributed by atoms with Crippen molar-refractivity contribution < 1.29 is 0 Å². The highest BCUT2D eigenvalue weighted by atomic mass is 14.6. The Morgan fingerprint density at radius 2 is 1.68 bits per heavy atom. The van der Waals surface area contributed by atoms with Crippen LogP contribution in [0.5, 0.6) is 0 Å². The molecule has 3 rings (SSSR count). The van der Waals surface area contributed by atoms with Gasteiger partial charge in [0.1, 0.15) is 0 Å². The molecule has 2 aliphatic rings. The Bertz CT molecular complexity index is 418. The summed E-state index contributed by atoms with van der Waals surface area (Å²) >= 11 is 0. The zero-order valence-corrected chi connectivity index (χ0v) is 12.0. The summed E-state index contributed by atoms with van der Waals surface area (Å²) in [5.41, 5.74) is 11.0. The van der Waals surface area contributed by atoms with Gasteiger partial charge in [0.05, 0.1) is 0 Å². The molecular formula is C18H27N. The summed E-state index contributed by atoms with van der Waals surface area (Å²) in [4.78, 5) is 0. The Labute approximate surface area is 117 Å². The molecule has 1 fully saturated rings. The molecule has 1 atom stereocenters. The summed E-state index contributed by atoms with van der Waals surface area (Å²) in [7, 11) is 0. The van der Waals surface area contributed by atoms with Gasteiger partial charge in [-0.2, -0.15) is 0 Å². The fraction of sp³-hybridized carbons (Fsp3) is 0.667. The molecule has 0 saturated heterocycles. The first kappa shape index (κ1) is 13.2. The molecule has 2 N–H and O–H groups in total.